The van der Waals surface area contributed by atoms with Gasteiger partial charge in [-0.3, -0.25) is 19.7 Å². The molecule has 7 nitrogen and oxygen atoms in total. The molecule has 0 radical (unpaired) electrons. The Hall–Kier alpha value is -4.52. The fourth-order valence-electron chi connectivity index (χ4n) is 5.31. The summed E-state index contributed by atoms with van der Waals surface area (Å²) in [4.78, 5) is 43.8. The van der Waals surface area contributed by atoms with Crippen LogP contribution in [0, 0.1) is 6.92 Å². The standard InChI is InChI=1S/C30H26N4O3/c1-18-8-10-20(11-9-18)27-26(19-6-4-3-5-7-19)32-28(33(27)2)21-12-13-23-22(16-21)17-34(30(23)37)24-14-15-25(35)31-29(24)36/h3-13,16,24H,14-15,17H2,1-2H3,(H,31,35,36). The summed E-state index contributed by atoms with van der Waals surface area (Å²) in [5.41, 5.74) is 7.54. The van der Waals surface area contributed by atoms with E-state index in [1.54, 1.807) is 4.90 Å². The Morgan fingerprint density at radius 1 is 0.892 bits per heavy atom. The van der Waals surface area contributed by atoms with E-state index in [1.165, 1.54) is 5.56 Å². The normalized spacial score (nSPS) is 17.2. The molecule has 1 aromatic heterocycles. The summed E-state index contributed by atoms with van der Waals surface area (Å²) in [6.07, 6.45) is 0.579. The third-order valence-corrected chi connectivity index (χ3v) is 7.25. The molecular formula is C30H26N4O3. The number of carbonyl (C=O) groups excluding carboxylic acids is 3. The number of nitrogens with one attached hydrogen (secondary N) is 1. The highest BCUT2D eigenvalue weighted by Crippen LogP contribution is 2.37. The lowest BCUT2D eigenvalue weighted by Crippen LogP contribution is -2.52. The highest BCUT2D eigenvalue weighted by atomic mass is 16.2. The monoisotopic (exact) mass is 490 g/mol. The lowest BCUT2D eigenvalue weighted by molar-refractivity contribution is -0.136. The van der Waals surface area contributed by atoms with Crippen LogP contribution in [0.2, 0.25) is 0 Å². The van der Waals surface area contributed by atoms with Crippen molar-refractivity contribution in [2.75, 3.05) is 0 Å². The quantitative estimate of drug-likeness (QED) is 0.427. The fourth-order valence-corrected chi connectivity index (χ4v) is 5.31. The van der Waals surface area contributed by atoms with Gasteiger partial charge in [0, 0.05) is 42.3 Å². The number of rotatable bonds is 4. The number of nitrogens with zero attached hydrogens (tertiary/aromatic N) is 3. The van der Waals surface area contributed by atoms with Crippen LogP contribution in [0.25, 0.3) is 33.9 Å². The zero-order chi connectivity index (χ0) is 25.7. The van der Waals surface area contributed by atoms with E-state index in [2.05, 4.69) is 53.2 Å². The lowest BCUT2D eigenvalue weighted by Gasteiger charge is -2.29. The van der Waals surface area contributed by atoms with E-state index in [-0.39, 0.29) is 18.2 Å². The molecule has 1 unspecified atom stereocenters. The Morgan fingerprint density at radius 3 is 2.35 bits per heavy atom. The van der Waals surface area contributed by atoms with Crippen LogP contribution in [-0.2, 0) is 23.2 Å². The van der Waals surface area contributed by atoms with Crippen molar-refractivity contribution in [3.8, 4) is 33.9 Å². The molecule has 37 heavy (non-hydrogen) atoms. The molecular weight excluding hydrogens is 464 g/mol. The molecule has 4 aromatic rings. The van der Waals surface area contributed by atoms with E-state index >= 15 is 0 Å². The Morgan fingerprint density at radius 2 is 1.62 bits per heavy atom. The number of imidazole rings is 1. The van der Waals surface area contributed by atoms with Gasteiger partial charge in [0.15, 0.2) is 0 Å². The van der Waals surface area contributed by atoms with Gasteiger partial charge in [-0.15, -0.1) is 0 Å². The first kappa shape index (κ1) is 22.9. The number of hydrogen-bond donors (Lipinski definition) is 1. The van der Waals surface area contributed by atoms with E-state index in [9.17, 15) is 14.4 Å². The van der Waals surface area contributed by atoms with Gasteiger partial charge in [-0.1, -0.05) is 66.2 Å². The molecule has 3 heterocycles. The van der Waals surface area contributed by atoms with Gasteiger partial charge in [-0.2, -0.15) is 0 Å². The Balaban J connectivity index is 1.41. The molecule has 7 heteroatoms. The Kier molecular flexibility index (Phi) is 5.48. The van der Waals surface area contributed by atoms with Crippen molar-refractivity contribution in [2.45, 2.75) is 32.4 Å². The van der Waals surface area contributed by atoms with Crippen molar-refractivity contribution < 1.29 is 14.4 Å². The number of piperidine rings is 1. The van der Waals surface area contributed by atoms with E-state index in [1.807, 2.05) is 43.4 Å². The molecule has 3 amide bonds. The molecule has 1 atom stereocenters. The van der Waals surface area contributed by atoms with Crippen LogP contribution in [0.3, 0.4) is 0 Å². The largest absolute Gasteiger partial charge is 0.327 e. The number of imide groups is 1. The summed E-state index contributed by atoms with van der Waals surface area (Å²) in [5, 5.41) is 2.36. The molecule has 2 aliphatic rings. The maximum atomic E-state index is 13.1. The number of carbonyl (C=O) groups is 3. The molecule has 1 N–H and O–H groups in total. The molecule has 0 spiro atoms. The predicted octanol–water partition coefficient (Wildman–Crippen LogP) is 4.49. The highest BCUT2D eigenvalue weighted by Gasteiger charge is 2.39. The van der Waals surface area contributed by atoms with Gasteiger partial charge in [0.05, 0.1) is 11.4 Å². The Labute approximate surface area is 214 Å². The zero-order valence-electron chi connectivity index (χ0n) is 20.7. The average molecular weight is 491 g/mol. The van der Waals surface area contributed by atoms with E-state index in [4.69, 9.17) is 4.98 Å². The second-order valence-corrected chi connectivity index (χ2v) is 9.70. The minimum Gasteiger partial charge on any atom is -0.327 e. The van der Waals surface area contributed by atoms with E-state index in [0.29, 0.717) is 18.5 Å². The number of hydrogen-bond acceptors (Lipinski definition) is 4. The first-order valence-corrected chi connectivity index (χ1v) is 12.4. The molecule has 1 saturated heterocycles. The van der Waals surface area contributed by atoms with Crippen molar-refractivity contribution in [2.24, 2.45) is 7.05 Å². The maximum absolute atomic E-state index is 13.1. The molecule has 2 aliphatic heterocycles. The SMILES string of the molecule is Cc1ccc(-c2c(-c3ccccc3)nc(-c3ccc4c(c3)CN(C3CCC(=O)NC3=O)C4=O)n2C)cc1. The van der Waals surface area contributed by atoms with Crippen molar-refractivity contribution in [3.05, 3.63) is 89.5 Å². The predicted molar refractivity (Wildman–Crippen MR) is 140 cm³/mol. The number of benzene rings is 3. The van der Waals surface area contributed by atoms with Crippen LogP contribution < -0.4 is 5.32 Å². The molecule has 0 aliphatic carbocycles. The summed E-state index contributed by atoms with van der Waals surface area (Å²) in [6, 6.07) is 23.6. The van der Waals surface area contributed by atoms with Gasteiger partial charge >= 0.3 is 0 Å². The maximum Gasteiger partial charge on any atom is 0.255 e. The topological polar surface area (TPSA) is 84.3 Å². The summed E-state index contributed by atoms with van der Waals surface area (Å²) < 4.78 is 2.10. The minimum atomic E-state index is -0.632. The van der Waals surface area contributed by atoms with Gasteiger partial charge in [-0.25, -0.2) is 4.98 Å². The molecule has 1 fully saturated rings. The van der Waals surface area contributed by atoms with Crippen molar-refractivity contribution in [1.82, 2.24) is 19.8 Å². The molecule has 6 rings (SSSR count). The zero-order valence-corrected chi connectivity index (χ0v) is 20.7. The summed E-state index contributed by atoms with van der Waals surface area (Å²) in [6.45, 7) is 2.40. The van der Waals surface area contributed by atoms with E-state index in [0.717, 1.165) is 39.5 Å². The van der Waals surface area contributed by atoms with Gasteiger partial charge in [-0.05, 0) is 31.0 Å². The number of fused-ring (bicyclic) bond motifs is 1. The van der Waals surface area contributed by atoms with Gasteiger partial charge in [0.1, 0.15) is 11.9 Å². The van der Waals surface area contributed by atoms with Crippen LogP contribution in [0.1, 0.15) is 34.3 Å². The summed E-state index contributed by atoms with van der Waals surface area (Å²) in [5.74, 6) is -0.0802. The first-order valence-electron chi connectivity index (χ1n) is 12.4. The van der Waals surface area contributed by atoms with Crippen LogP contribution >= 0.6 is 0 Å². The highest BCUT2D eigenvalue weighted by molar-refractivity contribution is 6.05. The molecule has 0 saturated carbocycles. The van der Waals surface area contributed by atoms with Crippen molar-refractivity contribution >= 4 is 17.7 Å². The number of amides is 3. The molecule has 3 aromatic carbocycles. The van der Waals surface area contributed by atoms with Gasteiger partial charge < -0.3 is 9.47 Å². The van der Waals surface area contributed by atoms with Gasteiger partial charge in [0.25, 0.3) is 5.91 Å². The second-order valence-electron chi connectivity index (χ2n) is 9.70. The first-order chi connectivity index (χ1) is 17.9. The molecule has 184 valence electrons. The van der Waals surface area contributed by atoms with Crippen LogP contribution in [-0.4, -0.2) is 38.2 Å². The molecule has 0 bridgehead atoms. The van der Waals surface area contributed by atoms with Crippen molar-refractivity contribution in [1.29, 1.82) is 0 Å². The van der Waals surface area contributed by atoms with Gasteiger partial charge in [0.2, 0.25) is 11.8 Å². The Bertz CT molecular complexity index is 1550. The lowest BCUT2D eigenvalue weighted by atomic mass is 10.0. The summed E-state index contributed by atoms with van der Waals surface area (Å²) >= 11 is 0. The number of aromatic nitrogens is 2. The van der Waals surface area contributed by atoms with Crippen LogP contribution in [0.5, 0.6) is 0 Å². The fraction of sp³-hybridized carbons (Fsp3) is 0.200. The van der Waals surface area contributed by atoms with Crippen molar-refractivity contribution in [3.63, 3.8) is 0 Å². The average Bonchev–Trinajstić information content (AvgIpc) is 3.41. The van der Waals surface area contributed by atoms with Crippen LogP contribution in [0.4, 0.5) is 0 Å². The third-order valence-electron chi connectivity index (χ3n) is 7.25. The van der Waals surface area contributed by atoms with Crippen LogP contribution in [0.15, 0.2) is 72.8 Å². The second kappa shape index (κ2) is 8.85. The smallest absolute Gasteiger partial charge is 0.255 e. The number of aryl methyl sites for hydroxylation is 1. The minimum absolute atomic E-state index is 0.179. The third kappa shape index (κ3) is 3.93. The van der Waals surface area contributed by atoms with E-state index < -0.39 is 11.9 Å². The summed E-state index contributed by atoms with van der Waals surface area (Å²) in [7, 11) is 2.01.